The van der Waals surface area contributed by atoms with E-state index in [9.17, 15) is 10.1 Å². The minimum atomic E-state index is -0.459. The van der Waals surface area contributed by atoms with Gasteiger partial charge in [-0.2, -0.15) is 0 Å². The molecular weight excluding hydrogens is 294 g/mol. The molecule has 2 rings (SSSR count). The predicted octanol–water partition coefficient (Wildman–Crippen LogP) is 3.36. The first-order valence-corrected chi connectivity index (χ1v) is 6.73. The van der Waals surface area contributed by atoms with Gasteiger partial charge >= 0.3 is 0 Å². The molecule has 0 aliphatic heterocycles. The summed E-state index contributed by atoms with van der Waals surface area (Å²) in [6, 6.07) is 11.6. The molecule has 0 aliphatic carbocycles. The summed E-state index contributed by atoms with van der Waals surface area (Å²) in [5.74, 6) is 0.603. The average molecular weight is 308 g/mol. The van der Waals surface area contributed by atoms with E-state index in [1.165, 1.54) is 18.2 Å². The van der Waals surface area contributed by atoms with E-state index < -0.39 is 4.92 Å². The van der Waals surface area contributed by atoms with Gasteiger partial charge in [-0.15, -0.1) is 0 Å². The molecule has 5 nitrogen and oxygen atoms in total. The van der Waals surface area contributed by atoms with Crippen molar-refractivity contribution < 1.29 is 14.8 Å². The fourth-order valence-corrected chi connectivity index (χ4v) is 2.09. The average Bonchev–Trinajstić information content (AvgIpc) is 2.46. The summed E-state index contributed by atoms with van der Waals surface area (Å²) < 4.78 is 5.55. The third kappa shape index (κ3) is 4.18. The lowest BCUT2D eigenvalue weighted by molar-refractivity contribution is -0.385. The Hall–Kier alpha value is -2.11. The van der Waals surface area contributed by atoms with Crippen molar-refractivity contribution >= 4 is 17.3 Å². The highest BCUT2D eigenvalue weighted by molar-refractivity contribution is 6.30. The SMILES string of the molecule is O=[N+]([O-])c1ccc(Cl)cc1COc1ccc(CCO)cc1. The monoisotopic (exact) mass is 307 g/mol. The van der Waals surface area contributed by atoms with E-state index in [1.54, 1.807) is 12.1 Å². The molecule has 0 spiro atoms. The van der Waals surface area contributed by atoms with Crippen LogP contribution in [0.5, 0.6) is 5.75 Å². The van der Waals surface area contributed by atoms with E-state index in [4.69, 9.17) is 21.4 Å². The molecule has 1 N–H and O–H groups in total. The normalized spacial score (nSPS) is 10.4. The van der Waals surface area contributed by atoms with E-state index in [1.807, 2.05) is 12.1 Å². The van der Waals surface area contributed by atoms with Gasteiger partial charge in [0.1, 0.15) is 12.4 Å². The Bertz CT molecular complexity index is 628. The summed E-state index contributed by atoms with van der Waals surface area (Å²) in [6.45, 7) is 0.158. The first-order valence-electron chi connectivity index (χ1n) is 6.35. The molecule has 0 saturated heterocycles. The molecular formula is C15H14ClNO4. The van der Waals surface area contributed by atoms with Crippen LogP contribution in [-0.4, -0.2) is 16.6 Å². The van der Waals surface area contributed by atoms with E-state index in [0.717, 1.165) is 5.56 Å². The number of hydrogen-bond donors (Lipinski definition) is 1. The van der Waals surface area contributed by atoms with Crippen LogP contribution in [-0.2, 0) is 13.0 Å². The topological polar surface area (TPSA) is 72.6 Å². The van der Waals surface area contributed by atoms with Crippen LogP contribution in [0.3, 0.4) is 0 Å². The highest BCUT2D eigenvalue weighted by atomic mass is 35.5. The zero-order valence-corrected chi connectivity index (χ0v) is 11.9. The van der Waals surface area contributed by atoms with Crippen LogP contribution in [0.15, 0.2) is 42.5 Å². The maximum Gasteiger partial charge on any atom is 0.276 e. The minimum absolute atomic E-state index is 0.0173. The zero-order chi connectivity index (χ0) is 15.2. The van der Waals surface area contributed by atoms with Crippen molar-refractivity contribution in [2.75, 3.05) is 6.61 Å². The van der Waals surface area contributed by atoms with Gasteiger partial charge in [-0.1, -0.05) is 23.7 Å². The highest BCUT2D eigenvalue weighted by Gasteiger charge is 2.14. The van der Waals surface area contributed by atoms with Crippen LogP contribution in [0.4, 0.5) is 5.69 Å². The van der Waals surface area contributed by atoms with Crippen LogP contribution in [0.25, 0.3) is 0 Å². The molecule has 0 unspecified atom stereocenters. The molecule has 2 aromatic carbocycles. The number of ether oxygens (including phenoxy) is 1. The lowest BCUT2D eigenvalue weighted by Gasteiger charge is -2.08. The summed E-state index contributed by atoms with van der Waals surface area (Å²) in [5.41, 5.74) is 1.40. The van der Waals surface area contributed by atoms with Crippen LogP contribution in [0.2, 0.25) is 5.02 Å². The smallest absolute Gasteiger partial charge is 0.276 e. The van der Waals surface area contributed by atoms with Gasteiger partial charge in [-0.05, 0) is 36.2 Å². The molecule has 0 amide bonds. The molecule has 0 fully saturated rings. The maximum atomic E-state index is 10.9. The Kier molecular flexibility index (Phi) is 5.14. The quantitative estimate of drug-likeness (QED) is 0.656. The van der Waals surface area contributed by atoms with Gasteiger partial charge in [0.15, 0.2) is 0 Å². The third-order valence-electron chi connectivity index (χ3n) is 2.96. The van der Waals surface area contributed by atoms with Crippen molar-refractivity contribution in [3.8, 4) is 5.75 Å². The number of halogens is 1. The maximum absolute atomic E-state index is 10.9. The molecule has 6 heteroatoms. The molecule has 0 aliphatic rings. The van der Waals surface area contributed by atoms with E-state index in [0.29, 0.717) is 22.8 Å². The van der Waals surface area contributed by atoms with Crippen LogP contribution >= 0.6 is 11.6 Å². The molecule has 110 valence electrons. The Morgan fingerprint density at radius 1 is 1.19 bits per heavy atom. The van der Waals surface area contributed by atoms with Crippen molar-refractivity contribution in [3.05, 3.63) is 68.7 Å². The summed E-state index contributed by atoms with van der Waals surface area (Å²) in [7, 11) is 0. The third-order valence-corrected chi connectivity index (χ3v) is 3.19. The molecule has 0 saturated carbocycles. The van der Waals surface area contributed by atoms with Crippen molar-refractivity contribution in [2.45, 2.75) is 13.0 Å². The first kappa shape index (κ1) is 15.3. The number of nitro benzene ring substituents is 1. The van der Waals surface area contributed by atoms with Gasteiger partial charge < -0.3 is 9.84 Å². The fraction of sp³-hybridized carbons (Fsp3) is 0.200. The standard InChI is InChI=1S/C15H14ClNO4/c16-13-3-6-15(17(19)20)12(9-13)10-21-14-4-1-11(2-5-14)7-8-18/h1-6,9,18H,7-8,10H2. The second-order valence-corrected chi connectivity index (χ2v) is 4.87. The Morgan fingerprint density at radius 2 is 1.90 bits per heavy atom. The Morgan fingerprint density at radius 3 is 2.52 bits per heavy atom. The Labute approximate surface area is 126 Å². The van der Waals surface area contributed by atoms with Crippen LogP contribution in [0, 0.1) is 10.1 Å². The summed E-state index contributed by atoms with van der Waals surface area (Å²) in [6.07, 6.45) is 0.583. The highest BCUT2D eigenvalue weighted by Crippen LogP contribution is 2.24. The van der Waals surface area contributed by atoms with Gasteiger partial charge in [0.2, 0.25) is 0 Å². The second-order valence-electron chi connectivity index (χ2n) is 4.44. The van der Waals surface area contributed by atoms with Crippen molar-refractivity contribution in [3.63, 3.8) is 0 Å². The molecule has 0 atom stereocenters. The van der Waals surface area contributed by atoms with Gasteiger partial charge in [0, 0.05) is 17.7 Å². The number of aliphatic hydroxyl groups excluding tert-OH is 1. The van der Waals surface area contributed by atoms with Gasteiger partial charge in [0.25, 0.3) is 5.69 Å². The molecule has 2 aromatic rings. The van der Waals surface area contributed by atoms with Crippen LogP contribution in [0.1, 0.15) is 11.1 Å². The number of nitro groups is 1. The lowest BCUT2D eigenvalue weighted by atomic mass is 10.1. The second kappa shape index (κ2) is 7.06. The lowest BCUT2D eigenvalue weighted by Crippen LogP contribution is -2.01. The largest absolute Gasteiger partial charge is 0.489 e. The van der Waals surface area contributed by atoms with E-state index >= 15 is 0 Å². The van der Waals surface area contributed by atoms with Gasteiger partial charge in [-0.3, -0.25) is 10.1 Å². The van der Waals surface area contributed by atoms with Crippen LogP contribution < -0.4 is 4.74 Å². The number of benzene rings is 2. The summed E-state index contributed by atoms with van der Waals surface area (Å²) >= 11 is 5.86. The molecule has 0 bridgehead atoms. The van der Waals surface area contributed by atoms with Crippen molar-refractivity contribution in [1.82, 2.24) is 0 Å². The molecule has 0 radical (unpaired) electrons. The molecule has 0 heterocycles. The van der Waals surface area contributed by atoms with Crippen molar-refractivity contribution in [1.29, 1.82) is 0 Å². The number of rotatable bonds is 6. The van der Waals surface area contributed by atoms with E-state index in [-0.39, 0.29) is 18.9 Å². The molecule has 0 aromatic heterocycles. The predicted molar refractivity (Wildman–Crippen MR) is 79.7 cm³/mol. The molecule has 21 heavy (non-hydrogen) atoms. The van der Waals surface area contributed by atoms with E-state index in [2.05, 4.69) is 0 Å². The first-order chi connectivity index (χ1) is 10.1. The van der Waals surface area contributed by atoms with Crippen molar-refractivity contribution in [2.24, 2.45) is 0 Å². The number of aliphatic hydroxyl groups is 1. The van der Waals surface area contributed by atoms with Gasteiger partial charge in [0.05, 0.1) is 10.5 Å². The zero-order valence-electron chi connectivity index (χ0n) is 11.2. The summed E-state index contributed by atoms with van der Waals surface area (Å²) in [4.78, 5) is 10.5. The minimum Gasteiger partial charge on any atom is -0.489 e. The van der Waals surface area contributed by atoms with Gasteiger partial charge in [-0.25, -0.2) is 0 Å². The Balaban J connectivity index is 2.08. The number of nitrogens with zero attached hydrogens (tertiary/aromatic N) is 1. The fourth-order valence-electron chi connectivity index (χ4n) is 1.89. The number of hydrogen-bond acceptors (Lipinski definition) is 4. The summed E-state index contributed by atoms with van der Waals surface area (Å²) in [5, 5.41) is 20.2.